The fourth-order valence-corrected chi connectivity index (χ4v) is 1.07. The Morgan fingerprint density at radius 3 is 2.36 bits per heavy atom. The lowest BCUT2D eigenvalue weighted by atomic mass is 10.2. The van der Waals surface area contributed by atoms with Gasteiger partial charge in [0.15, 0.2) is 0 Å². The van der Waals surface area contributed by atoms with Crippen molar-refractivity contribution in [3.8, 4) is 0 Å². The Labute approximate surface area is 71.7 Å². The van der Waals surface area contributed by atoms with Crippen LogP contribution in [0.3, 0.4) is 0 Å². The van der Waals surface area contributed by atoms with Crippen LogP contribution in [-0.2, 0) is 9.53 Å². The highest BCUT2D eigenvalue weighted by atomic mass is 28.1. The molecular weight excluding hydrogens is 156 g/mol. The highest BCUT2D eigenvalue weighted by Crippen LogP contribution is 2.09. The number of rotatable bonds is 3. The Bertz CT molecular complexity index is 127. The molecule has 0 rings (SSSR count). The van der Waals surface area contributed by atoms with Crippen molar-refractivity contribution in [1.82, 2.24) is 0 Å². The quantitative estimate of drug-likeness (QED) is 0.469. The zero-order valence-electron chi connectivity index (χ0n) is 7.94. The van der Waals surface area contributed by atoms with Gasteiger partial charge in [0.1, 0.15) is 5.60 Å². The largest absolute Gasteiger partial charge is 0.460 e. The van der Waals surface area contributed by atoms with Crippen LogP contribution in [0.4, 0.5) is 0 Å². The highest BCUT2D eigenvalue weighted by molar-refractivity contribution is 6.08. The minimum absolute atomic E-state index is 0.0617. The summed E-state index contributed by atoms with van der Waals surface area (Å²) >= 11 is 0. The zero-order chi connectivity index (χ0) is 8.91. The molecule has 66 valence electrons. The summed E-state index contributed by atoms with van der Waals surface area (Å²) in [5, 5.41) is 0. The number of carbonyl (C=O) groups excluding carboxylic acids is 1. The molecule has 0 aromatic rings. The summed E-state index contributed by atoms with van der Waals surface area (Å²) in [6, 6.07) is 1.18. The average Bonchev–Trinajstić information content (AvgIpc) is 1.79. The molecule has 0 bridgehead atoms. The molecule has 0 aromatic carbocycles. The van der Waals surface area contributed by atoms with Gasteiger partial charge < -0.3 is 4.74 Å². The summed E-state index contributed by atoms with van der Waals surface area (Å²) in [6.45, 7) is 5.68. The van der Waals surface area contributed by atoms with Gasteiger partial charge in [-0.1, -0.05) is 6.04 Å². The molecule has 0 aliphatic carbocycles. The zero-order valence-corrected chi connectivity index (χ0v) is 9.94. The Morgan fingerprint density at radius 2 is 2.00 bits per heavy atom. The van der Waals surface area contributed by atoms with Gasteiger partial charge in [-0.15, -0.1) is 0 Å². The lowest BCUT2D eigenvalue weighted by molar-refractivity contribution is -0.154. The fourth-order valence-electron chi connectivity index (χ4n) is 0.714. The molecule has 0 fully saturated rings. The van der Waals surface area contributed by atoms with Crippen LogP contribution in [0.5, 0.6) is 0 Å². The lowest BCUT2D eigenvalue weighted by Gasteiger charge is -2.19. The fraction of sp³-hybridized carbons (Fsp3) is 0.875. The first-order chi connectivity index (χ1) is 4.95. The van der Waals surface area contributed by atoms with Crippen LogP contribution < -0.4 is 0 Å². The molecule has 0 N–H and O–H groups in total. The molecule has 0 aliphatic heterocycles. The number of hydrogen-bond donors (Lipinski definition) is 0. The van der Waals surface area contributed by atoms with E-state index in [2.05, 4.69) is 0 Å². The number of ether oxygens (including phenoxy) is 1. The molecule has 2 nitrogen and oxygen atoms in total. The van der Waals surface area contributed by atoms with Crippen molar-refractivity contribution in [2.45, 2.75) is 45.3 Å². The topological polar surface area (TPSA) is 26.3 Å². The van der Waals surface area contributed by atoms with E-state index in [-0.39, 0.29) is 11.6 Å². The maximum absolute atomic E-state index is 11.0. The molecule has 3 heteroatoms. The van der Waals surface area contributed by atoms with Gasteiger partial charge in [0.25, 0.3) is 0 Å². The Kier molecular flexibility index (Phi) is 4.41. The molecule has 0 radical (unpaired) electrons. The van der Waals surface area contributed by atoms with E-state index < -0.39 is 0 Å². The smallest absolute Gasteiger partial charge is 0.306 e. The number of esters is 1. The molecule has 0 saturated carbocycles. The van der Waals surface area contributed by atoms with E-state index >= 15 is 0 Å². The SMILES string of the molecule is CC(C)(C)OC(=O)CCC[SiH3]. The van der Waals surface area contributed by atoms with E-state index in [1.807, 2.05) is 20.8 Å². The van der Waals surface area contributed by atoms with Crippen molar-refractivity contribution in [3.63, 3.8) is 0 Å². The second kappa shape index (κ2) is 4.54. The molecule has 0 spiro atoms. The minimum Gasteiger partial charge on any atom is -0.460 e. The first kappa shape index (κ1) is 10.7. The van der Waals surface area contributed by atoms with Gasteiger partial charge in [-0.05, 0) is 27.2 Å². The van der Waals surface area contributed by atoms with Gasteiger partial charge in [-0.2, -0.15) is 0 Å². The molecule has 0 saturated heterocycles. The maximum Gasteiger partial charge on any atom is 0.306 e. The normalized spacial score (nSPS) is 11.5. The minimum atomic E-state index is -0.317. The van der Waals surface area contributed by atoms with Crippen molar-refractivity contribution in [2.24, 2.45) is 0 Å². The van der Waals surface area contributed by atoms with Gasteiger partial charge in [-0.3, -0.25) is 4.79 Å². The molecule has 0 heterocycles. The summed E-state index contributed by atoms with van der Waals surface area (Å²) in [6.07, 6.45) is 1.57. The molecular formula is C8H18O2Si. The summed E-state index contributed by atoms with van der Waals surface area (Å²) in [5.74, 6) is -0.0617. The monoisotopic (exact) mass is 174 g/mol. The Morgan fingerprint density at radius 1 is 1.45 bits per heavy atom. The summed E-state index contributed by atoms with van der Waals surface area (Å²) in [4.78, 5) is 11.0. The van der Waals surface area contributed by atoms with Gasteiger partial charge in [0.05, 0.1) is 0 Å². The summed E-state index contributed by atoms with van der Waals surface area (Å²) in [7, 11) is 1.18. The second-order valence-corrected chi connectivity index (χ2v) is 4.69. The van der Waals surface area contributed by atoms with Gasteiger partial charge in [0, 0.05) is 16.7 Å². The van der Waals surface area contributed by atoms with E-state index in [1.165, 1.54) is 16.3 Å². The van der Waals surface area contributed by atoms with Crippen LogP contribution in [0.2, 0.25) is 6.04 Å². The first-order valence-electron chi connectivity index (χ1n) is 4.17. The first-order valence-corrected chi connectivity index (χ1v) is 5.59. The molecule has 11 heavy (non-hydrogen) atoms. The van der Waals surface area contributed by atoms with E-state index in [1.54, 1.807) is 0 Å². The van der Waals surface area contributed by atoms with E-state index in [9.17, 15) is 4.79 Å². The van der Waals surface area contributed by atoms with Gasteiger partial charge >= 0.3 is 5.97 Å². The third kappa shape index (κ3) is 7.59. The molecule has 0 aromatic heterocycles. The van der Waals surface area contributed by atoms with Crippen LogP contribution >= 0.6 is 0 Å². The van der Waals surface area contributed by atoms with Crippen molar-refractivity contribution >= 4 is 16.2 Å². The number of hydrogen-bond acceptors (Lipinski definition) is 2. The van der Waals surface area contributed by atoms with Crippen LogP contribution in [0.25, 0.3) is 0 Å². The molecule has 0 unspecified atom stereocenters. The van der Waals surface area contributed by atoms with Crippen LogP contribution in [0, 0.1) is 0 Å². The van der Waals surface area contributed by atoms with E-state index in [0.717, 1.165) is 6.42 Å². The predicted octanol–water partition coefficient (Wildman–Crippen LogP) is 0.892. The highest BCUT2D eigenvalue weighted by Gasteiger charge is 2.14. The van der Waals surface area contributed by atoms with Crippen molar-refractivity contribution in [1.29, 1.82) is 0 Å². The number of carbonyl (C=O) groups is 1. The van der Waals surface area contributed by atoms with Gasteiger partial charge in [0.2, 0.25) is 0 Å². The summed E-state index contributed by atoms with van der Waals surface area (Å²) in [5.41, 5.74) is -0.317. The molecule has 0 amide bonds. The van der Waals surface area contributed by atoms with Crippen LogP contribution in [0.1, 0.15) is 33.6 Å². The average molecular weight is 174 g/mol. The van der Waals surface area contributed by atoms with Crippen LogP contribution in [-0.4, -0.2) is 21.8 Å². The Balaban J connectivity index is 3.53. The van der Waals surface area contributed by atoms with Crippen LogP contribution in [0.15, 0.2) is 0 Å². The van der Waals surface area contributed by atoms with Crippen molar-refractivity contribution < 1.29 is 9.53 Å². The Hall–Kier alpha value is -0.313. The molecule has 0 atom stereocenters. The van der Waals surface area contributed by atoms with Crippen molar-refractivity contribution in [3.05, 3.63) is 0 Å². The maximum atomic E-state index is 11.0. The third-order valence-electron chi connectivity index (χ3n) is 1.15. The standard InChI is InChI=1S/C8H18O2Si/c1-8(2,3)10-7(9)5-4-6-11/h4-6H2,1-3,11H3. The van der Waals surface area contributed by atoms with Gasteiger partial charge in [-0.25, -0.2) is 0 Å². The molecule has 0 aliphatic rings. The second-order valence-electron chi connectivity index (χ2n) is 3.69. The summed E-state index contributed by atoms with van der Waals surface area (Å²) < 4.78 is 5.12. The lowest BCUT2D eigenvalue weighted by Crippen LogP contribution is -2.23. The third-order valence-corrected chi connectivity index (χ3v) is 1.86. The van der Waals surface area contributed by atoms with E-state index in [0.29, 0.717) is 6.42 Å². The van der Waals surface area contributed by atoms with E-state index in [4.69, 9.17) is 4.74 Å². The predicted molar refractivity (Wildman–Crippen MR) is 49.8 cm³/mol. The van der Waals surface area contributed by atoms with Crippen molar-refractivity contribution in [2.75, 3.05) is 0 Å².